The first-order valence-electron chi connectivity index (χ1n) is 7.66. The third-order valence-electron chi connectivity index (χ3n) is 3.77. The molecule has 0 saturated heterocycles. The number of aromatic nitrogens is 2. The highest BCUT2D eigenvalue weighted by atomic mass is 16.3. The Kier molecular flexibility index (Phi) is 3.56. The van der Waals surface area contributed by atoms with E-state index in [4.69, 9.17) is 0 Å². The average molecular weight is 313 g/mol. The van der Waals surface area contributed by atoms with E-state index in [0.29, 0.717) is 0 Å². The maximum absolute atomic E-state index is 9.30. The Morgan fingerprint density at radius 3 is 2.50 bits per heavy atom. The van der Waals surface area contributed by atoms with Crippen LogP contribution in [0.2, 0.25) is 0 Å². The Labute approximate surface area is 139 Å². The lowest BCUT2D eigenvalue weighted by molar-refractivity contribution is 0.475. The van der Waals surface area contributed by atoms with Gasteiger partial charge < -0.3 is 10.1 Å². The molecule has 0 radical (unpaired) electrons. The number of phenols is 1. The minimum absolute atomic E-state index is 0.250. The number of fused-ring (bicyclic) bond motifs is 1. The van der Waals surface area contributed by atoms with Gasteiger partial charge in [0.15, 0.2) is 0 Å². The van der Waals surface area contributed by atoms with Crippen LogP contribution in [0.4, 0.5) is 5.69 Å². The number of nitrogens with one attached hydrogen (secondary N) is 1. The van der Waals surface area contributed by atoms with Crippen LogP contribution in [-0.2, 0) is 0 Å². The number of benzene rings is 3. The molecule has 4 rings (SSSR count). The summed E-state index contributed by atoms with van der Waals surface area (Å²) in [6.07, 6.45) is 1.77. The van der Waals surface area contributed by atoms with Gasteiger partial charge in [-0.25, -0.2) is 4.98 Å². The number of rotatable bonds is 3. The zero-order chi connectivity index (χ0) is 16.4. The van der Waals surface area contributed by atoms with E-state index >= 15 is 0 Å². The van der Waals surface area contributed by atoms with E-state index in [-0.39, 0.29) is 5.75 Å². The molecule has 1 heterocycles. The molecule has 4 aromatic rings. The number of H-pyrrole nitrogens is 1. The quantitative estimate of drug-likeness (QED) is 0.539. The standard InChI is InChI=1S/C20H15N3O/c24-17-9-6-14(7-10-17)13-21-16-8-11-18-19(12-16)23-20(22-18)15-4-2-1-3-5-15/h1-13,24H,(H,22,23). The molecule has 4 nitrogen and oxygen atoms in total. The predicted octanol–water partition coefficient (Wildman–Crippen LogP) is 4.69. The first kappa shape index (κ1) is 14.2. The summed E-state index contributed by atoms with van der Waals surface area (Å²) in [6.45, 7) is 0. The lowest BCUT2D eigenvalue weighted by atomic mass is 10.2. The van der Waals surface area contributed by atoms with Crippen molar-refractivity contribution in [3.05, 3.63) is 78.4 Å². The number of imidazole rings is 1. The summed E-state index contributed by atoms with van der Waals surface area (Å²) in [5, 5.41) is 9.30. The molecule has 0 aliphatic rings. The van der Waals surface area contributed by atoms with Crippen molar-refractivity contribution < 1.29 is 5.11 Å². The zero-order valence-electron chi connectivity index (χ0n) is 12.8. The van der Waals surface area contributed by atoms with Crippen LogP contribution in [-0.4, -0.2) is 21.3 Å². The number of hydrogen-bond acceptors (Lipinski definition) is 3. The highest BCUT2D eigenvalue weighted by molar-refractivity contribution is 5.86. The second kappa shape index (κ2) is 6.01. The minimum Gasteiger partial charge on any atom is -0.508 e. The van der Waals surface area contributed by atoms with Crippen LogP contribution in [0.1, 0.15) is 5.56 Å². The lowest BCUT2D eigenvalue weighted by Crippen LogP contribution is -1.79. The maximum Gasteiger partial charge on any atom is 0.138 e. The van der Waals surface area contributed by atoms with E-state index in [1.165, 1.54) is 0 Å². The molecule has 0 aliphatic heterocycles. The molecule has 0 saturated carbocycles. The van der Waals surface area contributed by atoms with Gasteiger partial charge in [-0.1, -0.05) is 30.3 Å². The number of aromatic hydroxyl groups is 1. The normalized spacial score (nSPS) is 11.3. The minimum atomic E-state index is 0.250. The van der Waals surface area contributed by atoms with Gasteiger partial charge in [-0.2, -0.15) is 0 Å². The molecule has 1 aromatic heterocycles. The van der Waals surface area contributed by atoms with Gasteiger partial charge in [-0.15, -0.1) is 0 Å². The first-order valence-corrected chi connectivity index (χ1v) is 7.66. The molecule has 0 atom stereocenters. The molecule has 2 N–H and O–H groups in total. The lowest BCUT2D eigenvalue weighted by Gasteiger charge is -1.95. The van der Waals surface area contributed by atoms with Crippen molar-refractivity contribution >= 4 is 22.9 Å². The summed E-state index contributed by atoms with van der Waals surface area (Å²) in [7, 11) is 0. The molecule has 0 bridgehead atoms. The van der Waals surface area contributed by atoms with Crippen LogP contribution in [0, 0.1) is 0 Å². The van der Waals surface area contributed by atoms with Crippen LogP contribution >= 0.6 is 0 Å². The van der Waals surface area contributed by atoms with Gasteiger partial charge >= 0.3 is 0 Å². The Morgan fingerprint density at radius 1 is 0.917 bits per heavy atom. The van der Waals surface area contributed by atoms with Gasteiger partial charge in [-0.05, 0) is 48.0 Å². The largest absolute Gasteiger partial charge is 0.508 e. The number of hydrogen-bond donors (Lipinski definition) is 2. The van der Waals surface area contributed by atoms with Crippen LogP contribution in [0.15, 0.2) is 77.8 Å². The Bertz CT molecular complexity index is 1000. The van der Waals surface area contributed by atoms with Crippen molar-refractivity contribution in [1.82, 2.24) is 9.97 Å². The zero-order valence-corrected chi connectivity index (χ0v) is 12.8. The van der Waals surface area contributed by atoms with Crippen molar-refractivity contribution in [3.8, 4) is 17.1 Å². The molecule has 3 aromatic carbocycles. The van der Waals surface area contributed by atoms with Gasteiger partial charge in [0.05, 0.1) is 16.7 Å². The Balaban J connectivity index is 1.64. The molecule has 24 heavy (non-hydrogen) atoms. The van der Waals surface area contributed by atoms with Crippen molar-refractivity contribution in [2.24, 2.45) is 4.99 Å². The Hall–Kier alpha value is -3.40. The van der Waals surface area contributed by atoms with E-state index in [1.807, 2.05) is 60.7 Å². The van der Waals surface area contributed by atoms with E-state index in [1.54, 1.807) is 18.3 Å². The molecule has 0 spiro atoms. The highest BCUT2D eigenvalue weighted by Gasteiger charge is 2.05. The van der Waals surface area contributed by atoms with Crippen LogP contribution in [0.5, 0.6) is 5.75 Å². The van der Waals surface area contributed by atoms with E-state index in [2.05, 4.69) is 15.0 Å². The van der Waals surface area contributed by atoms with Gasteiger partial charge in [-0.3, -0.25) is 4.99 Å². The topological polar surface area (TPSA) is 61.3 Å². The third kappa shape index (κ3) is 2.90. The molecule has 116 valence electrons. The fourth-order valence-electron chi connectivity index (χ4n) is 2.52. The molecule has 4 heteroatoms. The Morgan fingerprint density at radius 2 is 1.71 bits per heavy atom. The highest BCUT2D eigenvalue weighted by Crippen LogP contribution is 2.24. The van der Waals surface area contributed by atoms with Gasteiger partial charge in [0.2, 0.25) is 0 Å². The second-order valence-electron chi connectivity index (χ2n) is 5.50. The van der Waals surface area contributed by atoms with Gasteiger partial charge in [0, 0.05) is 11.8 Å². The summed E-state index contributed by atoms with van der Waals surface area (Å²) in [5.41, 5.74) is 4.70. The summed E-state index contributed by atoms with van der Waals surface area (Å²) in [4.78, 5) is 12.4. The van der Waals surface area contributed by atoms with Crippen LogP contribution < -0.4 is 0 Å². The molecular formula is C20H15N3O. The van der Waals surface area contributed by atoms with Crippen molar-refractivity contribution in [1.29, 1.82) is 0 Å². The number of aliphatic imine (C=N–C) groups is 1. The fourth-order valence-corrected chi connectivity index (χ4v) is 2.52. The van der Waals surface area contributed by atoms with E-state index < -0.39 is 0 Å². The first-order chi connectivity index (χ1) is 11.8. The summed E-state index contributed by atoms with van der Waals surface area (Å²) in [6, 6.07) is 22.8. The molecule has 0 aliphatic carbocycles. The average Bonchev–Trinajstić information content (AvgIpc) is 3.05. The molecule has 0 amide bonds. The van der Waals surface area contributed by atoms with Crippen molar-refractivity contribution in [2.75, 3.05) is 0 Å². The van der Waals surface area contributed by atoms with Crippen LogP contribution in [0.25, 0.3) is 22.4 Å². The smallest absolute Gasteiger partial charge is 0.138 e. The molecule has 0 fully saturated rings. The number of nitrogens with zero attached hydrogens (tertiary/aromatic N) is 2. The van der Waals surface area contributed by atoms with E-state index in [9.17, 15) is 5.11 Å². The number of aromatic amines is 1. The monoisotopic (exact) mass is 313 g/mol. The summed E-state index contributed by atoms with van der Waals surface area (Å²) < 4.78 is 0. The predicted molar refractivity (Wildman–Crippen MR) is 96.9 cm³/mol. The van der Waals surface area contributed by atoms with Crippen molar-refractivity contribution in [2.45, 2.75) is 0 Å². The fraction of sp³-hybridized carbons (Fsp3) is 0. The second-order valence-corrected chi connectivity index (χ2v) is 5.50. The molecular weight excluding hydrogens is 298 g/mol. The third-order valence-corrected chi connectivity index (χ3v) is 3.77. The summed E-state index contributed by atoms with van der Waals surface area (Å²) >= 11 is 0. The number of phenolic OH excluding ortho intramolecular Hbond substituents is 1. The van der Waals surface area contributed by atoms with Gasteiger partial charge in [0.1, 0.15) is 11.6 Å². The van der Waals surface area contributed by atoms with Crippen LogP contribution in [0.3, 0.4) is 0 Å². The molecule has 0 unspecified atom stereocenters. The van der Waals surface area contributed by atoms with E-state index in [0.717, 1.165) is 33.7 Å². The SMILES string of the molecule is Oc1ccc(C=Nc2ccc3nc(-c4ccccc4)[nH]c3c2)cc1. The van der Waals surface area contributed by atoms with Gasteiger partial charge in [0.25, 0.3) is 0 Å². The van der Waals surface area contributed by atoms with Crippen molar-refractivity contribution in [3.63, 3.8) is 0 Å². The summed E-state index contributed by atoms with van der Waals surface area (Å²) in [5.74, 6) is 1.10. The maximum atomic E-state index is 9.30.